The van der Waals surface area contributed by atoms with Gasteiger partial charge in [0, 0.05) is 36.8 Å². The Morgan fingerprint density at radius 1 is 1.17 bits per heavy atom. The van der Waals surface area contributed by atoms with Gasteiger partial charge in [0.05, 0.1) is 10.9 Å². The zero-order valence-corrected chi connectivity index (χ0v) is 19.6. The Labute approximate surface area is 204 Å². The van der Waals surface area contributed by atoms with E-state index in [1.807, 2.05) is 37.3 Å². The van der Waals surface area contributed by atoms with Crippen molar-refractivity contribution < 1.29 is 19.1 Å². The number of ether oxygens (including phenoxy) is 2. The van der Waals surface area contributed by atoms with E-state index in [0.29, 0.717) is 34.1 Å². The van der Waals surface area contributed by atoms with Crippen LogP contribution in [0.3, 0.4) is 0 Å². The largest absolute Gasteiger partial charge is 0.454 e. The number of hydrogen-bond acceptors (Lipinski definition) is 7. The summed E-state index contributed by atoms with van der Waals surface area (Å²) in [6.45, 7) is 2.51. The Hall–Kier alpha value is -4.18. The summed E-state index contributed by atoms with van der Waals surface area (Å²) in [5, 5.41) is 8.01. The molecule has 2 aromatic carbocycles. The number of nitrogens with zero attached hydrogens (tertiary/aromatic N) is 2. The van der Waals surface area contributed by atoms with Crippen LogP contribution >= 0.6 is 11.3 Å². The minimum Gasteiger partial charge on any atom is -0.454 e. The molecule has 0 saturated carbocycles. The van der Waals surface area contributed by atoms with Crippen LogP contribution in [0.2, 0.25) is 0 Å². The highest BCUT2D eigenvalue weighted by atomic mass is 32.1. The number of carbonyl (C=O) groups excluding carboxylic acids is 2. The van der Waals surface area contributed by atoms with Crippen LogP contribution in [0.1, 0.15) is 22.8 Å². The normalized spacial score (nSPS) is 12.9. The van der Waals surface area contributed by atoms with Crippen LogP contribution in [0.15, 0.2) is 65.0 Å². The maximum absolute atomic E-state index is 13.3. The predicted molar refractivity (Wildman–Crippen MR) is 132 cm³/mol. The molecule has 1 aliphatic heterocycles. The molecule has 2 N–H and O–H groups in total. The monoisotopic (exact) mass is 490 g/mol. The van der Waals surface area contributed by atoms with E-state index in [4.69, 9.17) is 9.47 Å². The molecular weight excluding hydrogens is 468 g/mol. The van der Waals surface area contributed by atoms with Crippen molar-refractivity contribution in [1.29, 1.82) is 0 Å². The summed E-state index contributed by atoms with van der Waals surface area (Å²) in [5.74, 6) is -0.0400. The van der Waals surface area contributed by atoms with E-state index in [-0.39, 0.29) is 18.8 Å². The van der Waals surface area contributed by atoms with Gasteiger partial charge in [0.2, 0.25) is 18.1 Å². The number of thiazole rings is 1. The Bertz CT molecular complexity index is 1450. The lowest BCUT2D eigenvalue weighted by Gasteiger charge is -2.19. The first-order valence-corrected chi connectivity index (χ1v) is 11.9. The fraction of sp³-hybridized carbons (Fsp3) is 0.200. The van der Waals surface area contributed by atoms with Crippen molar-refractivity contribution in [1.82, 2.24) is 14.9 Å². The zero-order valence-electron chi connectivity index (χ0n) is 18.8. The summed E-state index contributed by atoms with van der Waals surface area (Å²) in [5.41, 5.74) is 1.00. The lowest BCUT2D eigenvalue weighted by molar-refractivity contribution is -0.118. The summed E-state index contributed by atoms with van der Waals surface area (Å²) < 4.78 is 12.7. The molecule has 0 saturated heterocycles. The van der Waals surface area contributed by atoms with Crippen LogP contribution in [0, 0.1) is 0 Å². The Morgan fingerprint density at radius 3 is 2.66 bits per heavy atom. The van der Waals surface area contributed by atoms with Gasteiger partial charge in [-0.2, -0.15) is 0 Å². The van der Waals surface area contributed by atoms with Gasteiger partial charge < -0.3 is 24.7 Å². The van der Waals surface area contributed by atoms with Crippen molar-refractivity contribution in [3.63, 3.8) is 0 Å². The maximum atomic E-state index is 13.3. The average Bonchev–Trinajstić information content (AvgIpc) is 3.55. The van der Waals surface area contributed by atoms with E-state index in [9.17, 15) is 14.4 Å². The molecule has 2 amide bonds. The standard InChI is InChI=1S/C25H22N4O5S/c1-2-29-13-17(22(30)16-11-20-21(12-19(16)29)34-14-33-20)23(31)27-18(10-15-6-4-3-5-7-15)24(32)28-25-26-8-9-35-25/h3-9,11-13,18H,2,10,14H2,1H3,(H,27,31)(H,26,28,32). The number of hydrogen-bond donors (Lipinski definition) is 2. The van der Waals surface area contributed by atoms with Gasteiger partial charge in [-0.05, 0) is 18.6 Å². The first-order valence-electron chi connectivity index (χ1n) is 11.1. The molecule has 4 aromatic rings. The third-order valence-electron chi connectivity index (χ3n) is 5.73. The van der Waals surface area contributed by atoms with Crippen molar-refractivity contribution >= 4 is 39.2 Å². The second kappa shape index (κ2) is 9.59. The first kappa shape index (κ1) is 22.6. The highest BCUT2D eigenvalue weighted by Crippen LogP contribution is 2.35. The Morgan fingerprint density at radius 2 is 1.94 bits per heavy atom. The molecule has 1 atom stereocenters. The number of fused-ring (bicyclic) bond motifs is 2. The van der Waals surface area contributed by atoms with Gasteiger partial charge in [-0.15, -0.1) is 11.3 Å². The lowest BCUT2D eigenvalue weighted by Crippen LogP contribution is -2.46. The molecule has 2 aromatic heterocycles. The molecule has 0 aliphatic carbocycles. The quantitative estimate of drug-likeness (QED) is 0.412. The number of pyridine rings is 1. The third kappa shape index (κ3) is 4.60. The molecule has 178 valence electrons. The minimum atomic E-state index is -0.921. The molecule has 35 heavy (non-hydrogen) atoms. The van der Waals surface area contributed by atoms with Crippen LogP contribution in [0.4, 0.5) is 5.13 Å². The van der Waals surface area contributed by atoms with Crippen molar-refractivity contribution in [2.45, 2.75) is 25.9 Å². The highest BCUT2D eigenvalue weighted by Gasteiger charge is 2.26. The number of benzene rings is 2. The van der Waals surface area contributed by atoms with Crippen LogP contribution in [-0.4, -0.2) is 34.2 Å². The van der Waals surface area contributed by atoms with E-state index in [2.05, 4.69) is 15.6 Å². The summed E-state index contributed by atoms with van der Waals surface area (Å²) in [4.78, 5) is 43.8. The minimum absolute atomic E-state index is 0.0571. The van der Waals surface area contributed by atoms with Gasteiger partial charge in [0.1, 0.15) is 11.6 Å². The fourth-order valence-corrected chi connectivity index (χ4v) is 4.51. The molecular formula is C25H22N4O5S. The molecule has 10 heteroatoms. The van der Waals surface area contributed by atoms with E-state index in [1.165, 1.54) is 17.5 Å². The van der Waals surface area contributed by atoms with Crippen LogP contribution in [0.25, 0.3) is 10.9 Å². The van der Waals surface area contributed by atoms with Crippen molar-refractivity contribution in [3.05, 3.63) is 81.6 Å². The summed E-state index contributed by atoms with van der Waals surface area (Å²) >= 11 is 1.28. The SMILES string of the molecule is CCn1cc(C(=O)NC(Cc2ccccc2)C(=O)Nc2nccs2)c(=O)c2cc3c(cc21)OCO3. The lowest BCUT2D eigenvalue weighted by atomic mass is 10.0. The third-order valence-corrected chi connectivity index (χ3v) is 6.42. The Kier molecular flexibility index (Phi) is 6.19. The number of anilines is 1. The van der Waals surface area contributed by atoms with Gasteiger partial charge in [0.25, 0.3) is 5.91 Å². The molecule has 5 rings (SSSR count). The number of aryl methyl sites for hydroxylation is 1. The number of nitrogens with one attached hydrogen (secondary N) is 2. The Balaban J connectivity index is 1.48. The molecule has 1 aliphatic rings. The second-order valence-electron chi connectivity index (χ2n) is 7.92. The smallest absolute Gasteiger partial charge is 0.257 e. The average molecular weight is 491 g/mol. The van der Waals surface area contributed by atoms with Crippen LogP contribution in [-0.2, 0) is 17.8 Å². The van der Waals surface area contributed by atoms with E-state index >= 15 is 0 Å². The van der Waals surface area contributed by atoms with Crippen molar-refractivity contribution in [2.75, 3.05) is 12.1 Å². The molecule has 0 fully saturated rings. The second-order valence-corrected chi connectivity index (χ2v) is 8.82. The van der Waals surface area contributed by atoms with Crippen LogP contribution in [0.5, 0.6) is 11.5 Å². The van der Waals surface area contributed by atoms with Crippen molar-refractivity contribution in [3.8, 4) is 11.5 Å². The fourth-order valence-electron chi connectivity index (χ4n) is 3.98. The van der Waals surface area contributed by atoms with E-state index in [0.717, 1.165) is 5.56 Å². The summed E-state index contributed by atoms with van der Waals surface area (Å²) in [6, 6.07) is 11.8. The predicted octanol–water partition coefficient (Wildman–Crippen LogP) is 3.19. The van der Waals surface area contributed by atoms with Gasteiger partial charge in [0.15, 0.2) is 16.6 Å². The molecule has 0 spiro atoms. The van der Waals surface area contributed by atoms with Gasteiger partial charge in [-0.25, -0.2) is 4.98 Å². The topological polar surface area (TPSA) is 112 Å². The van der Waals surface area contributed by atoms with Crippen LogP contribution < -0.4 is 25.5 Å². The molecule has 1 unspecified atom stereocenters. The van der Waals surface area contributed by atoms with E-state index < -0.39 is 23.3 Å². The first-order chi connectivity index (χ1) is 17.0. The zero-order chi connectivity index (χ0) is 24.4. The maximum Gasteiger partial charge on any atom is 0.257 e. The number of rotatable bonds is 7. The summed E-state index contributed by atoms with van der Waals surface area (Å²) in [6.07, 6.45) is 3.34. The van der Waals surface area contributed by atoms with Gasteiger partial charge in [-0.1, -0.05) is 30.3 Å². The molecule has 9 nitrogen and oxygen atoms in total. The number of carbonyl (C=O) groups is 2. The highest BCUT2D eigenvalue weighted by molar-refractivity contribution is 7.13. The van der Waals surface area contributed by atoms with Gasteiger partial charge >= 0.3 is 0 Å². The molecule has 0 radical (unpaired) electrons. The van der Waals surface area contributed by atoms with Crippen molar-refractivity contribution in [2.24, 2.45) is 0 Å². The number of amides is 2. The summed E-state index contributed by atoms with van der Waals surface area (Å²) in [7, 11) is 0. The molecule has 3 heterocycles. The number of aromatic nitrogens is 2. The molecule has 0 bridgehead atoms. The van der Waals surface area contributed by atoms with Gasteiger partial charge in [-0.3, -0.25) is 14.4 Å². The van der Waals surface area contributed by atoms with E-state index in [1.54, 1.807) is 28.3 Å².